The molecule has 1 N–H and O–H groups in total. The summed E-state index contributed by atoms with van der Waals surface area (Å²) in [5, 5.41) is 29.2. The van der Waals surface area contributed by atoms with Gasteiger partial charge in [0, 0.05) is 12.1 Å². The van der Waals surface area contributed by atoms with Crippen LogP contribution in [0.4, 0.5) is 0 Å². The minimum absolute atomic E-state index is 0.435. The maximum Gasteiger partial charge on any atom is 0.207 e. The van der Waals surface area contributed by atoms with E-state index < -0.39 is 17.7 Å². The van der Waals surface area contributed by atoms with Crippen molar-refractivity contribution in [2.24, 2.45) is 4.99 Å². The molecule has 1 aromatic carbocycles. The van der Waals surface area contributed by atoms with Crippen LogP contribution < -0.4 is 4.74 Å². The van der Waals surface area contributed by atoms with Crippen LogP contribution in [0.3, 0.4) is 0 Å². The molecule has 0 amide bonds. The van der Waals surface area contributed by atoms with Crippen molar-refractivity contribution in [3.05, 3.63) is 29.3 Å². The summed E-state index contributed by atoms with van der Waals surface area (Å²) in [6.07, 6.45) is 2.86. The Balaban J connectivity index is 2.60. The van der Waals surface area contributed by atoms with Crippen molar-refractivity contribution < 1.29 is 9.84 Å². The van der Waals surface area contributed by atoms with Gasteiger partial charge in [-0.2, -0.15) is 15.5 Å². The van der Waals surface area contributed by atoms with Crippen LogP contribution in [0.15, 0.2) is 23.2 Å². The number of nitriles is 2. The molecule has 2 rings (SSSR count). The first kappa shape index (κ1) is 18.8. The van der Waals surface area contributed by atoms with E-state index in [2.05, 4.69) is 18.0 Å². The van der Waals surface area contributed by atoms with Crippen LogP contribution in [-0.2, 0) is 0 Å². The molecule has 0 saturated carbocycles. The summed E-state index contributed by atoms with van der Waals surface area (Å²) in [4.78, 5) is 5.83. The van der Waals surface area contributed by atoms with E-state index in [0.29, 0.717) is 23.7 Å². The summed E-state index contributed by atoms with van der Waals surface area (Å²) in [5.41, 5.74) is 0.447. The molecule has 1 heterocycles. The Morgan fingerprint density at radius 2 is 2.12 bits per heavy atom. The van der Waals surface area contributed by atoms with Crippen LogP contribution in [0.1, 0.15) is 57.7 Å². The molecule has 132 valence electrons. The molecule has 0 aromatic heterocycles. The highest BCUT2D eigenvalue weighted by Gasteiger charge is 2.45. The van der Waals surface area contributed by atoms with E-state index in [9.17, 15) is 10.4 Å². The van der Waals surface area contributed by atoms with Crippen LogP contribution in [0.2, 0.25) is 0 Å². The first-order valence-electron chi connectivity index (χ1n) is 8.46. The second-order valence-corrected chi connectivity index (χ2v) is 6.77. The van der Waals surface area contributed by atoms with E-state index in [4.69, 9.17) is 10.00 Å². The lowest BCUT2D eigenvalue weighted by atomic mass is 9.84. The maximum absolute atomic E-state index is 11.0. The van der Waals surface area contributed by atoms with Crippen molar-refractivity contribution in [2.75, 3.05) is 6.54 Å². The third-order valence-electron chi connectivity index (χ3n) is 4.56. The number of hydrogen-bond acceptors (Lipinski definition) is 5. The summed E-state index contributed by atoms with van der Waals surface area (Å²) >= 11 is 0. The fourth-order valence-corrected chi connectivity index (χ4v) is 3.14. The van der Waals surface area contributed by atoms with Gasteiger partial charge in [-0.05, 0) is 45.4 Å². The third kappa shape index (κ3) is 3.75. The molecule has 0 fully saturated rings. The van der Waals surface area contributed by atoms with Crippen molar-refractivity contribution in [1.82, 2.24) is 4.90 Å². The summed E-state index contributed by atoms with van der Waals surface area (Å²) in [6.45, 7) is 8.17. The number of aliphatic hydroxyl groups is 1. The highest BCUT2D eigenvalue weighted by atomic mass is 16.5. The monoisotopic (exact) mass is 340 g/mol. The van der Waals surface area contributed by atoms with E-state index in [1.807, 2.05) is 24.9 Å². The van der Waals surface area contributed by atoms with E-state index in [1.165, 1.54) is 0 Å². The Morgan fingerprint density at radius 3 is 2.72 bits per heavy atom. The molecule has 0 saturated heterocycles. The number of amidine groups is 1. The SMILES string of the molecule is CCCCN(C(C)=NC#N)C1c2cc(C#N)ccc2OC(C)(C)C1O. The van der Waals surface area contributed by atoms with Gasteiger partial charge in [0.05, 0.1) is 17.7 Å². The lowest BCUT2D eigenvalue weighted by Gasteiger charge is -2.47. The van der Waals surface area contributed by atoms with Crippen molar-refractivity contribution in [3.8, 4) is 18.0 Å². The number of benzene rings is 1. The molecule has 0 radical (unpaired) electrons. The van der Waals surface area contributed by atoms with Crippen molar-refractivity contribution >= 4 is 5.84 Å². The lowest BCUT2D eigenvalue weighted by molar-refractivity contribution is -0.0817. The van der Waals surface area contributed by atoms with Gasteiger partial charge in [0.25, 0.3) is 0 Å². The lowest BCUT2D eigenvalue weighted by Crippen LogP contribution is -2.54. The first-order chi connectivity index (χ1) is 11.9. The number of unbranched alkanes of at least 4 members (excludes halogenated alkanes) is 1. The summed E-state index contributed by atoms with van der Waals surface area (Å²) in [5.74, 6) is 1.19. The zero-order valence-corrected chi connectivity index (χ0v) is 15.2. The molecule has 1 aliphatic rings. The Bertz CT molecular complexity index is 743. The zero-order chi connectivity index (χ0) is 18.6. The molecule has 0 spiro atoms. The second kappa shape index (κ2) is 7.55. The summed E-state index contributed by atoms with van der Waals surface area (Å²) in [7, 11) is 0. The number of nitrogens with zero attached hydrogens (tertiary/aromatic N) is 4. The highest BCUT2D eigenvalue weighted by molar-refractivity contribution is 5.81. The minimum Gasteiger partial charge on any atom is -0.485 e. The van der Waals surface area contributed by atoms with Crippen LogP contribution >= 0.6 is 0 Å². The fourth-order valence-electron chi connectivity index (χ4n) is 3.14. The van der Waals surface area contributed by atoms with E-state index >= 15 is 0 Å². The van der Waals surface area contributed by atoms with E-state index in [0.717, 1.165) is 18.4 Å². The van der Waals surface area contributed by atoms with Gasteiger partial charge in [0.2, 0.25) is 6.19 Å². The minimum atomic E-state index is -0.838. The molecule has 1 aromatic rings. The number of ether oxygens (including phenoxy) is 1. The molecule has 25 heavy (non-hydrogen) atoms. The predicted molar refractivity (Wildman–Crippen MR) is 94.9 cm³/mol. The predicted octanol–water partition coefficient (Wildman–Crippen LogP) is 3.13. The van der Waals surface area contributed by atoms with Gasteiger partial charge < -0.3 is 14.7 Å². The summed E-state index contributed by atoms with van der Waals surface area (Å²) < 4.78 is 5.96. The van der Waals surface area contributed by atoms with Crippen LogP contribution in [0, 0.1) is 22.8 Å². The molecule has 1 aliphatic heterocycles. The Morgan fingerprint density at radius 1 is 1.40 bits per heavy atom. The van der Waals surface area contributed by atoms with Gasteiger partial charge in [-0.3, -0.25) is 0 Å². The van der Waals surface area contributed by atoms with Crippen LogP contribution in [-0.4, -0.2) is 34.1 Å². The van der Waals surface area contributed by atoms with Crippen LogP contribution in [0.25, 0.3) is 0 Å². The van der Waals surface area contributed by atoms with Gasteiger partial charge >= 0.3 is 0 Å². The largest absolute Gasteiger partial charge is 0.485 e. The van der Waals surface area contributed by atoms with Gasteiger partial charge in [-0.1, -0.05) is 13.3 Å². The summed E-state index contributed by atoms with van der Waals surface area (Å²) in [6, 6.07) is 6.92. The standard InChI is InChI=1S/C19H24N4O2/c1-5-6-9-23(13(2)22-12-21)17-15-10-14(11-20)7-8-16(15)25-19(3,4)18(17)24/h7-8,10,17-18,24H,5-6,9H2,1-4H3. The van der Waals surface area contributed by atoms with Crippen molar-refractivity contribution in [2.45, 2.75) is 58.3 Å². The van der Waals surface area contributed by atoms with Crippen LogP contribution in [0.5, 0.6) is 5.75 Å². The molecule has 0 bridgehead atoms. The Labute approximate surface area is 149 Å². The Kier molecular flexibility index (Phi) is 5.66. The third-order valence-corrected chi connectivity index (χ3v) is 4.56. The van der Waals surface area contributed by atoms with Gasteiger partial charge in [0.1, 0.15) is 23.3 Å². The second-order valence-electron chi connectivity index (χ2n) is 6.77. The van der Waals surface area contributed by atoms with Crippen molar-refractivity contribution in [3.63, 3.8) is 0 Å². The van der Waals surface area contributed by atoms with Gasteiger partial charge in [-0.15, -0.1) is 0 Å². The van der Waals surface area contributed by atoms with E-state index in [1.54, 1.807) is 25.1 Å². The molecule has 2 unspecified atom stereocenters. The number of aliphatic hydroxyl groups excluding tert-OH is 1. The highest BCUT2D eigenvalue weighted by Crippen LogP contribution is 2.43. The number of hydrogen-bond donors (Lipinski definition) is 1. The zero-order valence-electron chi connectivity index (χ0n) is 15.2. The van der Waals surface area contributed by atoms with Crippen molar-refractivity contribution in [1.29, 1.82) is 10.5 Å². The topological polar surface area (TPSA) is 92.6 Å². The average molecular weight is 340 g/mol. The number of fused-ring (bicyclic) bond motifs is 1. The molecule has 0 aliphatic carbocycles. The fraction of sp³-hybridized carbons (Fsp3) is 0.526. The first-order valence-corrected chi connectivity index (χ1v) is 8.46. The molecule has 2 atom stereocenters. The van der Waals surface area contributed by atoms with E-state index in [-0.39, 0.29) is 0 Å². The normalized spacial score (nSPS) is 21.5. The molecular weight excluding hydrogens is 316 g/mol. The number of rotatable bonds is 4. The average Bonchev–Trinajstić information content (AvgIpc) is 2.57. The quantitative estimate of drug-likeness (QED) is 0.516. The van der Waals surface area contributed by atoms with Gasteiger partial charge in [0.15, 0.2) is 0 Å². The van der Waals surface area contributed by atoms with Gasteiger partial charge in [-0.25, -0.2) is 0 Å². The maximum atomic E-state index is 11.0. The number of aliphatic imine (C=N–C) groups is 1. The molecule has 6 nitrogen and oxygen atoms in total. The Hall–Kier alpha value is -2.57. The smallest absolute Gasteiger partial charge is 0.207 e. The molecule has 6 heteroatoms. The molecular formula is C19H24N4O2.